The molecule has 0 spiro atoms. The summed E-state index contributed by atoms with van der Waals surface area (Å²) in [6.07, 6.45) is -3.20. The SMILES string of the molecule is CC1=C(C)C(=O)C(CCCc2nc3cc(C(F)(F)F)ccc3o2)=C(C)C1=O. The Morgan fingerprint density at radius 1 is 0.963 bits per heavy atom. The van der Waals surface area contributed by atoms with Crippen molar-refractivity contribution in [3.63, 3.8) is 0 Å². The van der Waals surface area contributed by atoms with Crippen LogP contribution in [0.15, 0.2) is 44.9 Å². The van der Waals surface area contributed by atoms with Gasteiger partial charge in [-0.05, 0) is 51.8 Å². The number of fused-ring (bicyclic) bond motifs is 1. The highest BCUT2D eigenvalue weighted by molar-refractivity contribution is 6.24. The molecule has 0 bridgehead atoms. The number of allylic oxidation sites excluding steroid dienone is 4. The number of halogens is 3. The highest BCUT2D eigenvalue weighted by atomic mass is 19.4. The number of Topliss-reactive ketones (excluding diaryl/α,β-unsaturated/α-hetero) is 2. The van der Waals surface area contributed by atoms with E-state index in [1.807, 2.05) is 0 Å². The Bertz CT molecular complexity index is 1010. The summed E-state index contributed by atoms with van der Waals surface area (Å²) in [6, 6.07) is 3.16. The lowest BCUT2D eigenvalue weighted by molar-refractivity contribution is -0.137. The van der Waals surface area contributed by atoms with Crippen molar-refractivity contribution in [1.82, 2.24) is 4.98 Å². The Morgan fingerprint density at radius 3 is 2.30 bits per heavy atom. The molecule has 2 aromatic rings. The van der Waals surface area contributed by atoms with Crippen LogP contribution in [0.3, 0.4) is 0 Å². The summed E-state index contributed by atoms with van der Waals surface area (Å²) in [4.78, 5) is 28.7. The highest BCUT2D eigenvalue weighted by Crippen LogP contribution is 2.32. The molecule has 0 saturated heterocycles. The molecular weight excluding hydrogens is 359 g/mol. The number of ketones is 2. The largest absolute Gasteiger partial charge is 0.441 e. The lowest BCUT2D eigenvalue weighted by atomic mass is 9.84. The van der Waals surface area contributed by atoms with Crippen molar-refractivity contribution < 1.29 is 27.2 Å². The molecule has 0 saturated carbocycles. The van der Waals surface area contributed by atoms with Crippen molar-refractivity contribution in [3.8, 4) is 0 Å². The fourth-order valence-electron chi connectivity index (χ4n) is 3.13. The molecule has 0 N–H and O–H groups in total. The predicted octanol–water partition coefficient (Wildman–Crippen LogP) is 4.97. The van der Waals surface area contributed by atoms with Gasteiger partial charge in [-0.2, -0.15) is 13.2 Å². The maximum atomic E-state index is 12.8. The monoisotopic (exact) mass is 377 g/mol. The zero-order valence-corrected chi connectivity index (χ0v) is 15.2. The number of hydrogen-bond donors (Lipinski definition) is 0. The van der Waals surface area contributed by atoms with Crippen molar-refractivity contribution in [2.45, 2.75) is 46.2 Å². The van der Waals surface area contributed by atoms with E-state index in [1.54, 1.807) is 20.8 Å². The van der Waals surface area contributed by atoms with Gasteiger partial charge < -0.3 is 4.42 Å². The number of aromatic nitrogens is 1. The molecule has 1 aliphatic carbocycles. The van der Waals surface area contributed by atoms with E-state index in [-0.39, 0.29) is 22.7 Å². The zero-order chi connectivity index (χ0) is 19.9. The van der Waals surface area contributed by atoms with E-state index in [2.05, 4.69) is 4.98 Å². The van der Waals surface area contributed by atoms with E-state index in [4.69, 9.17) is 4.42 Å². The lowest BCUT2D eigenvalue weighted by Crippen LogP contribution is -2.20. The third-order valence-electron chi connectivity index (χ3n) is 4.89. The summed E-state index contributed by atoms with van der Waals surface area (Å²) in [5.74, 6) is 0.0567. The van der Waals surface area contributed by atoms with Gasteiger partial charge >= 0.3 is 6.18 Å². The summed E-state index contributed by atoms with van der Waals surface area (Å²) in [7, 11) is 0. The number of benzene rings is 1. The van der Waals surface area contributed by atoms with Gasteiger partial charge in [-0.25, -0.2) is 4.98 Å². The molecule has 0 amide bonds. The molecule has 0 unspecified atom stereocenters. The molecule has 1 aromatic heterocycles. The predicted molar refractivity (Wildman–Crippen MR) is 93.0 cm³/mol. The Hall–Kier alpha value is -2.70. The number of oxazole rings is 1. The lowest BCUT2D eigenvalue weighted by Gasteiger charge is -2.18. The second-order valence-corrected chi connectivity index (χ2v) is 6.65. The van der Waals surface area contributed by atoms with Crippen molar-refractivity contribution in [2.75, 3.05) is 0 Å². The Morgan fingerprint density at radius 2 is 1.63 bits per heavy atom. The molecule has 27 heavy (non-hydrogen) atoms. The summed E-state index contributed by atoms with van der Waals surface area (Å²) >= 11 is 0. The summed E-state index contributed by atoms with van der Waals surface area (Å²) < 4.78 is 43.8. The number of alkyl halides is 3. The molecule has 3 rings (SSSR count). The number of carbonyl (C=O) groups is 2. The van der Waals surface area contributed by atoms with Crippen LogP contribution >= 0.6 is 0 Å². The van der Waals surface area contributed by atoms with Crippen molar-refractivity contribution in [3.05, 3.63) is 51.9 Å². The third-order valence-corrected chi connectivity index (χ3v) is 4.89. The molecule has 0 radical (unpaired) electrons. The minimum absolute atomic E-state index is 0.122. The van der Waals surface area contributed by atoms with E-state index in [1.165, 1.54) is 6.07 Å². The van der Waals surface area contributed by atoms with Gasteiger partial charge in [0.25, 0.3) is 0 Å². The molecule has 142 valence electrons. The normalized spacial score (nSPS) is 16.1. The van der Waals surface area contributed by atoms with E-state index < -0.39 is 11.7 Å². The molecule has 0 fully saturated rings. The van der Waals surface area contributed by atoms with Crippen LogP contribution in [-0.4, -0.2) is 16.6 Å². The molecular formula is C20H18F3NO3. The number of aryl methyl sites for hydroxylation is 1. The molecule has 7 heteroatoms. The van der Waals surface area contributed by atoms with E-state index in [0.29, 0.717) is 47.4 Å². The molecule has 1 heterocycles. The minimum atomic E-state index is -4.44. The van der Waals surface area contributed by atoms with Gasteiger partial charge in [0, 0.05) is 28.7 Å². The number of hydrogen-bond acceptors (Lipinski definition) is 4. The Labute approximate surface area is 153 Å². The average Bonchev–Trinajstić information content (AvgIpc) is 3.02. The molecule has 4 nitrogen and oxygen atoms in total. The first kappa shape index (κ1) is 19.1. The quantitative estimate of drug-likeness (QED) is 0.706. The van der Waals surface area contributed by atoms with E-state index >= 15 is 0 Å². The number of rotatable bonds is 4. The van der Waals surface area contributed by atoms with Crippen LogP contribution in [0.5, 0.6) is 0 Å². The van der Waals surface area contributed by atoms with Crippen LogP contribution in [-0.2, 0) is 22.2 Å². The first-order chi connectivity index (χ1) is 12.6. The molecule has 0 atom stereocenters. The highest BCUT2D eigenvalue weighted by Gasteiger charge is 2.31. The fourth-order valence-corrected chi connectivity index (χ4v) is 3.13. The van der Waals surface area contributed by atoms with Gasteiger partial charge in [0.2, 0.25) is 0 Å². The van der Waals surface area contributed by atoms with Crippen LogP contribution in [0.25, 0.3) is 11.1 Å². The fraction of sp³-hybridized carbons (Fsp3) is 0.350. The molecule has 1 aromatic carbocycles. The van der Waals surface area contributed by atoms with Gasteiger partial charge in [-0.3, -0.25) is 9.59 Å². The average molecular weight is 377 g/mol. The van der Waals surface area contributed by atoms with Crippen molar-refractivity contribution in [2.24, 2.45) is 0 Å². The Kier molecular flexibility index (Phi) is 4.80. The maximum Gasteiger partial charge on any atom is 0.416 e. The van der Waals surface area contributed by atoms with Crippen LogP contribution in [0.1, 0.15) is 45.1 Å². The second-order valence-electron chi connectivity index (χ2n) is 6.65. The van der Waals surface area contributed by atoms with Crippen molar-refractivity contribution >= 4 is 22.7 Å². The van der Waals surface area contributed by atoms with Crippen molar-refractivity contribution in [1.29, 1.82) is 0 Å². The van der Waals surface area contributed by atoms with Gasteiger partial charge in [0.15, 0.2) is 23.0 Å². The number of nitrogens with zero attached hydrogens (tertiary/aromatic N) is 1. The summed E-state index contributed by atoms with van der Waals surface area (Å²) in [5, 5.41) is 0. The molecule has 1 aliphatic rings. The summed E-state index contributed by atoms with van der Waals surface area (Å²) in [6.45, 7) is 4.92. The van der Waals surface area contributed by atoms with Crippen LogP contribution in [0.2, 0.25) is 0 Å². The topological polar surface area (TPSA) is 60.2 Å². The first-order valence-electron chi connectivity index (χ1n) is 8.53. The van der Waals surface area contributed by atoms with Gasteiger partial charge in [0.1, 0.15) is 5.52 Å². The Balaban J connectivity index is 1.72. The second kappa shape index (κ2) is 6.79. The number of carbonyl (C=O) groups excluding carboxylic acids is 2. The standard InChI is InChI=1S/C20H18F3NO3/c1-10-11(2)19(26)14(12(3)18(10)25)5-4-6-17-24-15-9-13(20(21,22)23)7-8-16(15)27-17/h7-9H,4-6H2,1-3H3. The van der Waals surface area contributed by atoms with Crippen LogP contribution < -0.4 is 0 Å². The van der Waals surface area contributed by atoms with Gasteiger partial charge in [0.05, 0.1) is 5.56 Å². The van der Waals surface area contributed by atoms with Crippen LogP contribution in [0, 0.1) is 0 Å². The molecule has 0 aliphatic heterocycles. The zero-order valence-electron chi connectivity index (χ0n) is 15.2. The first-order valence-corrected chi connectivity index (χ1v) is 8.53. The van der Waals surface area contributed by atoms with Crippen LogP contribution in [0.4, 0.5) is 13.2 Å². The van der Waals surface area contributed by atoms with E-state index in [0.717, 1.165) is 12.1 Å². The van der Waals surface area contributed by atoms with E-state index in [9.17, 15) is 22.8 Å². The maximum absolute atomic E-state index is 12.8. The smallest absolute Gasteiger partial charge is 0.416 e. The minimum Gasteiger partial charge on any atom is -0.441 e. The van der Waals surface area contributed by atoms with Gasteiger partial charge in [-0.15, -0.1) is 0 Å². The summed E-state index contributed by atoms with van der Waals surface area (Å²) in [5.41, 5.74) is 1.52. The third kappa shape index (κ3) is 3.59. The van der Waals surface area contributed by atoms with Gasteiger partial charge in [-0.1, -0.05) is 0 Å².